The van der Waals surface area contributed by atoms with Crippen LogP contribution in [0.25, 0.3) is 0 Å². The summed E-state index contributed by atoms with van der Waals surface area (Å²) in [5.74, 6) is 5.83. The van der Waals surface area contributed by atoms with Gasteiger partial charge < -0.3 is 42.5 Å². The van der Waals surface area contributed by atoms with E-state index in [0.717, 1.165) is 61.1 Å². The van der Waals surface area contributed by atoms with Gasteiger partial charge in [-0.05, 0) is 0 Å². The van der Waals surface area contributed by atoms with Crippen LogP contribution in [0.15, 0.2) is 34.9 Å². The highest BCUT2D eigenvalue weighted by Crippen LogP contribution is 2.14. The van der Waals surface area contributed by atoms with Crippen LogP contribution in [0.4, 0.5) is 0 Å². The Kier molecular flexibility index (Phi) is 1.90. The summed E-state index contributed by atoms with van der Waals surface area (Å²) in [6.45, 7) is 3.70. The molecule has 4 aliphatic rings. The van der Waals surface area contributed by atoms with Crippen LogP contribution in [0, 0.1) is 0 Å². The van der Waals surface area contributed by atoms with E-state index in [1.165, 1.54) is 0 Å². The predicted octanol–water partition coefficient (Wildman–Crippen LogP) is -2.86. The molecule has 4 aliphatic heterocycles. The molecule has 0 amide bonds. The molecule has 4 heterocycles. The lowest BCUT2D eigenvalue weighted by molar-refractivity contribution is 0.630. The van der Waals surface area contributed by atoms with Crippen molar-refractivity contribution < 1.29 is 0 Å². The van der Waals surface area contributed by atoms with E-state index in [9.17, 15) is 0 Å². The maximum absolute atomic E-state index is 3.31. The fourth-order valence-electron chi connectivity index (χ4n) is 2.34. The largest absolute Gasteiger partial charge is 0.367 e. The molecule has 0 radical (unpaired) electrons. The van der Waals surface area contributed by atoms with Gasteiger partial charge in [0.05, 0.1) is 0 Å². The fourth-order valence-corrected chi connectivity index (χ4v) is 2.34. The van der Waals surface area contributed by atoms with E-state index in [4.69, 9.17) is 0 Å². The SMILES string of the molecule is C1CNC2=C(N1)NC(=C1NC3=C(NCCN3)N1)N2. The minimum atomic E-state index is 0.917. The zero-order chi connectivity index (χ0) is 11.9. The van der Waals surface area contributed by atoms with Crippen molar-refractivity contribution in [2.24, 2.45) is 0 Å². The molecule has 4 rings (SSSR count). The molecule has 18 heavy (non-hydrogen) atoms. The highest BCUT2D eigenvalue weighted by Gasteiger charge is 2.28. The van der Waals surface area contributed by atoms with Crippen LogP contribution in [0.2, 0.25) is 0 Å². The Morgan fingerprint density at radius 1 is 0.389 bits per heavy atom. The van der Waals surface area contributed by atoms with Crippen molar-refractivity contribution in [1.29, 1.82) is 0 Å². The van der Waals surface area contributed by atoms with Crippen molar-refractivity contribution in [2.45, 2.75) is 0 Å². The zero-order valence-corrected chi connectivity index (χ0v) is 9.83. The van der Waals surface area contributed by atoms with Crippen LogP contribution in [0.3, 0.4) is 0 Å². The highest BCUT2D eigenvalue weighted by atomic mass is 15.4. The Bertz CT molecular complexity index is 404. The molecule has 0 saturated heterocycles. The lowest BCUT2D eigenvalue weighted by Crippen LogP contribution is -2.38. The van der Waals surface area contributed by atoms with Gasteiger partial charge in [-0.25, -0.2) is 0 Å². The molecule has 0 aromatic heterocycles. The highest BCUT2D eigenvalue weighted by molar-refractivity contribution is 5.35. The second kappa shape index (κ2) is 3.56. The Balaban J connectivity index is 1.54. The van der Waals surface area contributed by atoms with E-state index in [1.807, 2.05) is 0 Å². The maximum atomic E-state index is 3.31. The van der Waals surface area contributed by atoms with E-state index in [0.29, 0.717) is 0 Å². The smallest absolute Gasteiger partial charge is 0.152 e. The zero-order valence-electron chi connectivity index (χ0n) is 9.83. The van der Waals surface area contributed by atoms with Crippen LogP contribution in [0.5, 0.6) is 0 Å². The van der Waals surface area contributed by atoms with Gasteiger partial charge in [0.15, 0.2) is 11.6 Å². The summed E-state index contributed by atoms with van der Waals surface area (Å²) >= 11 is 0. The average Bonchev–Trinajstić information content (AvgIpc) is 3.02. The molecule has 8 heteroatoms. The Morgan fingerprint density at radius 2 is 0.667 bits per heavy atom. The normalized spacial score (nSPS) is 24.4. The van der Waals surface area contributed by atoms with Crippen molar-refractivity contribution >= 4 is 0 Å². The summed E-state index contributed by atoms with van der Waals surface area (Å²) in [7, 11) is 0. The predicted molar refractivity (Wildman–Crippen MR) is 65.6 cm³/mol. The van der Waals surface area contributed by atoms with Gasteiger partial charge >= 0.3 is 0 Å². The molecular weight excluding hydrogens is 232 g/mol. The van der Waals surface area contributed by atoms with Crippen LogP contribution in [-0.4, -0.2) is 26.2 Å². The van der Waals surface area contributed by atoms with Gasteiger partial charge in [0, 0.05) is 26.2 Å². The summed E-state index contributed by atoms with van der Waals surface area (Å²) in [6, 6.07) is 0. The molecule has 0 bridgehead atoms. The number of hydrogen-bond acceptors (Lipinski definition) is 8. The third-order valence-corrected chi connectivity index (χ3v) is 3.21. The first kappa shape index (κ1) is 9.63. The minimum Gasteiger partial charge on any atom is -0.367 e. The quantitative estimate of drug-likeness (QED) is 0.232. The molecule has 0 fully saturated rings. The first-order valence-corrected chi connectivity index (χ1v) is 6.16. The Hall–Kier alpha value is -2.38. The third kappa shape index (κ3) is 1.38. The third-order valence-electron chi connectivity index (χ3n) is 3.21. The lowest BCUT2D eigenvalue weighted by atomic mass is 10.5. The van der Waals surface area contributed by atoms with E-state index in [-0.39, 0.29) is 0 Å². The van der Waals surface area contributed by atoms with Gasteiger partial charge in [-0.1, -0.05) is 0 Å². The van der Waals surface area contributed by atoms with E-state index in [2.05, 4.69) is 42.5 Å². The van der Waals surface area contributed by atoms with Crippen molar-refractivity contribution in [1.82, 2.24) is 42.5 Å². The molecule has 0 spiro atoms. The van der Waals surface area contributed by atoms with Gasteiger partial charge in [0.25, 0.3) is 0 Å². The summed E-state index contributed by atoms with van der Waals surface area (Å²) in [6.07, 6.45) is 0. The summed E-state index contributed by atoms with van der Waals surface area (Å²) in [4.78, 5) is 0. The molecule has 0 saturated carbocycles. The second-order valence-corrected chi connectivity index (χ2v) is 4.46. The first-order valence-electron chi connectivity index (χ1n) is 6.16. The van der Waals surface area contributed by atoms with Gasteiger partial charge in [-0.15, -0.1) is 0 Å². The lowest BCUT2D eigenvalue weighted by Gasteiger charge is -2.16. The van der Waals surface area contributed by atoms with Crippen LogP contribution in [-0.2, 0) is 0 Å². The molecule has 8 nitrogen and oxygen atoms in total. The van der Waals surface area contributed by atoms with Gasteiger partial charge in [-0.3, -0.25) is 0 Å². The van der Waals surface area contributed by atoms with E-state index in [1.54, 1.807) is 0 Å². The van der Waals surface area contributed by atoms with Crippen molar-refractivity contribution in [3.63, 3.8) is 0 Å². The van der Waals surface area contributed by atoms with Crippen LogP contribution >= 0.6 is 0 Å². The Morgan fingerprint density at radius 3 is 0.944 bits per heavy atom. The van der Waals surface area contributed by atoms with Crippen molar-refractivity contribution in [3.05, 3.63) is 34.9 Å². The van der Waals surface area contributed by atoms with E-state index < -0.39 is 0 Å². The standard InChI is InChI=1S/C10H16N8/c1-2-12-6-5(11-1)15-9(16-6)10-17-7-8(18-10)14-4-3-13-7/h11-18H,1-4H2. The average molecular weight is 248 g/mol. The molecule has 0 unspecified atom stereocenters. The fraction of sp³-hybridized carbons (Fsp3) is 0.400. The van der Waals surface area contributed by atoms with E-state index >= 15 is 0 Å². The van der Waals surface area contributed by atoms with Crippen molar-refractivity contribution in [2.75, 3.05) is 26.2 Å². The summed E-state index contributed by atoms with van der Waals surface area (Å²) < 4.78 is 0. The minimum absolute atomic E-state index is 0.917. The van der Waals surface area contributed by atoms with Crippen molar-refractivity contribution in [3.8, 4) is 0 Å². The topological polar surface area (TPSA) is 96.2 Å². The summed E-state index contributed by atoms with van der Waals surface area (Å²) in [5, 5.41) is 26.5. The number of rotatable bonds is 0. The molecule has 0 aliphatic carbocycles. The van der Waals surface area contributed by atoms with Gasteiger partial charge in [0.2, 0.25) is 0 Å². The molecule has 96 valence electrons. The number of nitrogens with one attached hydrogen (secondary N) is 8. The molecule has 8 N–H and O–H groups in total. The summed E-state index contributed by atoms with van der Waals surface area (Å²) in [5.41, 5.74) is 0. The molecule has 0 atom stereocenters. The van der Waals surface area contributed by atoms with Crippen LogP contribution in [0.1, 0.15) is 0 Å². The van der Waals surface area contributed by atoms with Gasteiger partial charge in [0.1, 0.15) is 23.3 Å². The number of hydrogen-bond donors (Lipinski definition) is 8. The maximum Gasteiger partial charge on any atom is 0.152 e. The molecule has 0 aromatic carbocycles. The Labute approximate surface area is 104 Å². The monoisotopic (exact) mass is 248 g/mol. The molecular formula is C10H16N8. The van der Waals surface area contributed by atoms with Crippen LogP contribution < -0.4 is 42.5 Å². The second-order valence-electron chi connectivity index (χ2n) is 4.46. The van der Waals surface area contributed by atoms with Gasteiger partial charge in [-0.2, -0.15) is 0 Å². The molecule has 0 aromatic rings. The first-order chi connectivity index (χ1) is 8.90.